The number of ether oxygens (including phenoxy) is 1. The number of carbonyl (C=O) groups is 5. The Bertz CT molecular complexity index is 1880. The van der Waals surface area contributed by atoms with E-state index in [0.29, 0.717) is 28.1 Å². The summed E-state index contributed by atoms with van der Waals surface area (Å²) in [5, 5.41) is 11.1. The fourth-order valence-corrected chi connectivity index (χ4v) is 8.77. The molecule has 3 fully saturated rings. The highest BCUT2D eigenvalue weighted by molar-refractivity contribution is 6.53. The summed E-state index contributed by atoms with van der Waals surface area (Å²) in [6.45, 7) is 0. The number of imide groups is 2. The fourth-order valence-electron chi connectivity index (χ4n) is 7.76. The summed E-state index contributed by atoms with van der Waals surface area (Å²) in [5.74, 6) is -5.82. The van der Waals surface area contributed by atoms with Gasteiger partial charge in [0.25, 0.3) is 11.8 Å². The smallest absolute Gasteiger partial charge is 0.253 e. The molecule has 0 spiro atoms. The molecule has 0 bridgehead atoms. The van der Waals surface area contributed by atoms with Gasteiger partial charge in [0.1, 0.15) is 11.5 Å². The van der Waals surface area contributed by atoms with Crippen LogP contribution in [-0.2, 0) is 19.2 Å². The van der Waals surface area contributed by atoms with Gasteiger partial charge in [-0.1, -0.05) is 48.0 Å². The van der Waals surface area contributed by atoms with Crippen molar-refractivity contribution in [1.82, 2.24) is 4.90 Å². The number of likely N-dealkylation sites (tertiary alicyclic amines) is 1. The van der Waals surface area contributed by atoms with Crippen LogP contribution in [0.25, 0.3) is 0 Å². The molecule has 11 heteroatoms. The van der Waals surface area contributed by atoms with Crippen LogP contribution in [-0.4, -0.2) is 63.3 Å². The summed E-state index contributed by atoms with van der Waals surface area (Å²) < 4.78 is 5.24. The first-order valence-electron chi connectivity index (χ1n) is 14.8. The van der Waals surface area contributed by atoms with Crippen molar-refractivity contribution in [3.63, 3.8) is 0 Å². The van der Waals surface area contributed by atoms with Crippen LogP contribution in [0.4, 0.5) is 5.69 Å². The molecule has 2 heterocycles. The summed E-state index contributed by atoms with van der Waals surface area (Å²) in [6.07, 6.45) is 1.81. The molecule has 4 aliphatic rings. The first-order valence-corrected chi connectivity index (χ1v) is 15.5. The second kappa shape index (κ2) is 10.5. The lowest BCUT2D eigenvalue weighted by Gasteiger charge is -2.50. The van der Waals surface area contributed by atoms with Crippen LogP contribution in [0.3, 0.4) is 0 Å². The molecular formula is C35H28Cl2N2O7. The molecule has 6 atom stereocenters. The highest BCUT2D eigenvalue weighted by Crippen LogP contribution is 2.66. The first kappa shape index (κ1) is 30.2. The average molecular weight is 660 g/mol. The monoisotopic (exact) mass is 658 g/mol. The molecule has 46 heavy (non-hydrogen) atoms. The Kier molecular flexibility index (Phi) is 6.92. The van der Waals surface area contributed by atoms with Gasteiger partial charge in [0.15, 0.2) is 15.5 Å². The third-order valence-electron chi connectivity index (χ3n) is 9.99. The Morgan fingerprint density at radius 2 is 1.57 bits per heavy atom. The summed E-state index contributed by atoms with van der Waals surface area (Å²) in [4.78, 5) is 66.4. The molecule has 9 nitrogen and oxygen atoms in total. The number of phenols is 1. The molecule has 3 aromatic rings. The summed E-state index contributed by atoms with van der Waals surface area (Å²) in [5.41, 5.74) is 2.05. The number of fused-ring (bicyclic) bond motifs is 4. The molecule has 3 aromatic carbocycles. The Labute approximate surface area is 274 Å². The number of nitrogens with zero attached hydrogens (tertiary/aromatic N) is 2. The van der Waals surface area contributed by atoms with Gasteiger partial charge in [-0.25, -0.2) is 0 Å². The summed E-state index contributed by atoms with van der Waals surface area (Å²) in [6, 6.07) is 19.6. The quantitative estimate of drug-likeness (QED) is 0.180. The molecule has 234 valence electrons. The van der Waals surface area contributed by atoms with Crippen LogP contribution in [0.1, 0.15) is 40.2 Å². The van der Waals surface area contributed by atoms with Crippen molar-refractivity contribution < 1.29 is 33.8 Å². The minimum Gasteiger partial charge on any atom is -0.508 e. The van der Waals surface area contributed by atoms with E-state index < -0.39 is 57.0 Å². The molecule has 1 saturated carbocycles. The molecule has 0 aromatic heterocycles. The molecule has 1 N–H and O–H groups in total. The zero-order chi connectivity index (χ0) is 32.7. The standard InChI is InChI=1S/C35H28Cl2N2O7/c1-38-32(44)34(36)17-25-22(28(35(34,37)33(38)45)23-13-12-21(46-2)16-26(23)40)14-15-24-27(25)31(43)39(30(24)42)20-10-8-19(9-11-20)29(41)18-6-4-3-5-7-18/h3-14,16,24-25,27-28,40H,15,17H2,1-2H3/t24-,25+,27-,28+,34+,35-/m0/s1. The van der Waals surface area contributed by atoms with Crippen molar-refractivity contribution in [3.8, 4) is 11.5 Å². The SMILES string of the molecule is COc1ccc([C@H]2C3=CC[C@@H]4C(=O)N(c5ccc(C(=O)c6ccccc6)cc5)C(=O)[C@@H]4[C@@H]3C[C@@]3(Cl)C(=O)N(C)C(=O)[C@@]23Cl)c(O)c1. The first-order chi connectivity index (χ1) is 21.9. The van der Waals surface area contributed by atoms with E-state index in [-0.39, 0.29) is 29.9 Å². The number of carbonyl (C=O) groups excluding carboxylic acids is 5. The summed E-state index contributed by atoms with van der Waals surface area (Å²) >= 11 is 14.4. The number of hydrogen-bond acceptors (Lipinski definition) is 7. The number of amides is 4. The largest absolute Gasteiger partial charge is 0.508 e. The van der Waals surface area contributed by atoms with Gasteiger partial charge >= 0.3 is 0 Å². The third-order valence-corrected chi connectivity index (χ3v) is 11.4. The van der Waals surface area contributed by atoms with Crippen molar-refractivity contribution in [1.29, 1.82) is 0 Å². The number of aromatic hydroxyl groups is 1. The molecule has 7 rings (SSSR count). The van der Waals surface area contributed by atoms with E-state index in [4.69, 9.17) is 27.9 Å². The Morgan fingerprint density at radius 1 is 0.891 bits per heavy atom. The van der Waals surface area contributed by atoms with E-state index in [1.807, 2.05) is 6.07 Å². The maximum absolute atomic E-state index is 14.2. The Morgan fingerprint density at radius 3 is 2.22 bits per heavy atom. The van der Waals surface area contributed by atoms with Crippen LogP contribution >= 0.6 is 23.2 Å². The molecule has 2 aliphatic carbocycles. The number of methoxy groups -OCH3 is 1. The third kappa shape index (κ3) is 3.97. The van der Waals surface area contributed by atoms with Crippen molar-refractivity contribution >= 4 is 58.3 Å². The molecule has 2 saturated heterocycles. The summed E-state index contributed by atoms with van der Waals surface area (Å²) in [7, 11) is 2.75. The van der Waals surface area contributed by atoms with E-state index >= 15 is 0 Å². The highest BCUT2D eigenvalue weighted by atomic mass is 35.5. The number of alkyl halides is 2. The second-order valence-electron chi connectivity index (χ2n) is 12.2. The zero-order valence-electron chi connectivity index (χ0n) is 24.8. The topological polar surface area (TPSA) is 121 Å². The lowest BCUT2D eigenvalue weighted by Crippen LogP contribution is -2.60. The molecule has 4 amide bonds. The van der Waals surface area contributed by atoms with E-state index in [2.05, 4.69) is 0 Å². The molecule has 0 unspecified atom stereocenters. The van der Waals surface area contributed by atoms with Crippen LogP contribution in [0, 0.1) is 17.8 Å². The maximum atomic E-state index is 14.2. The molecular weight excluding hydrogens is 631 g/mol. The minimum atomic E-state index is -2.01. The van der Waals surface area contributed by atoms with Crippen LogP contribution < -0.4 is 9.64 Å². The van der Waals surface area contributed by atoms with E-state index in [9.17, 15) is 29.1 Å². The fraction of sp³-hybridized carbons (Fsp3) is 0.286. The molecule has 2 aliphatic heterocycles. The predicted octanol–water partition coefficient (Wildman–Crippen LogP) is 4.83. The van der Waals surface area contributed by atoms with Crippen molar-refractivity contribution in [3.05, 3.63) is 101 Å². The Balaban J connectivity index is 1.28. The van der Waals surface area contributed by atoms with Crippen molar-refractivity contribution in [2.24, 2.45) is 17.8 Å². The van der Waals surface area contributed by atoms with Crippen molar-refractivity contribution in [2.75, 3.05) is 19.1 Å². The van der Waals surface area contributed by atoms with Gasteiger partial charge in [0.05, 0.1) is 24.6 Å². The average Bonchev–Trinajstić information content (AvgIpc) is 3.39. The number of ketones is 1. The van der Waals surface area contributed by atoms with Crippen LogP contribution in [0.5, 0.6) is 11.5 Å². The number of halogens is 2. The number of anilines is 1. The Hall–Kier alpha value is -4.47. The van der Waals surface area contributed by atoms with Gasteiger partial charge in [-0.05, 0) is 49.1 Å². The van der Waals surface area contributed by atoms with Gasteiger partial charge in [0, 0.05) is 35.7 Å². The number of benzene rings is 3. The van der Waals surface area contributed by atoms with Crippen molar-refractivity contribution in [2.45, 2.75) is 28.5 Å². The highest BCUT2D eigenvalue weighted by Gasteiger charge is 2.76. The van der Waals surface area contributed by atoms with Gasteiger partial charge in [-0.2, -0.15) is 0 Å². The molecule has 0 radical (unpaired) electrons. The number of hydrogen-bond donors (Lipinski definition) is 1. The maximum Gasteiger partial charge on any atom is 0.253 e. The minimum absolute atomic E-state index is 0.162. The van der Waals surface area contributed by atoms with Gasteiger partial charge in [0.2, 0.25) is 11.8 Å². The lowest BCUT2D eigenvalue weighted by atomic mass is 9.56. The number of allylic oxidation sites excluding steroid dienone is 2. The lowest BCUT2D eigenvalue weighted by molar-refractivity contribution is -0.138. The number of rotatable bonds is 5. The normalized spacial score (nSPS) is 30.1. The van der Waals surface area contributed by atoms with Gasteiger partial charge in [-0.3, -0.25) is 33.8 Å². The van der Waals surface area contributed by atoms with E-state index in [1.165, 1.54) is 20.2 Å². The zero-order valence-corrected chi connectivity index (χ0v) is 26.3. The van der Waals surface area contributed by atoms with Gasteiger partial charge < -0.3 is 9.84 Å². The predicted molar refractivity (Wildman–Crippen MR) is 169 cm³/mol. The number of phenolic OH excluding ortho intramolecular Hbond substituents is 1. The van der Waals surface area contributed by atoms with Crippen LogP contribution in [0.15, 0.2) is 84.4 Å². The van der Waals surface area contributed by atoms with E-state index in [0.717, 1.165) is 9.80 Å². The van der Waals surface area contributed by atoms with E-state index in [1.54, 1.807) is 66.7 Å². The van der Waals surface area contributed by atoms with Crippen LogP contribution in [0.2, 0.25) is 0 Å². The van der Waals surface area contributed by atoms with Gasteiger partial charge in [-0.15, -0.1) is 23.2 Å². The second-order valence-corrected chi connectivity index (χ2v) is 13.4.